The third-order valence-corrected chi connectivity index (χ3v) is 5.43. The van der Waals surface area contributed by atoms with E-state index in [1.54, 1.807) is 0 Å². The van der Waals surface area contributed by atoms with Crippen molar-refractivity contribution < 1.29 is 4.79 Å². The Labute approximate surface area is 110 Å². The number of carbonyl (C=O) groups excluding carboxylic acids is 1. The molecule has 3 heteroatoms. The summed E-state index contributed by atoms with van der Waals surface area (Å²) in [5.74, 6) is 0.957. The predicted molar refractivity (Wildman–Crippen MR) is 72.3 cm³/mol. The van der Waals surface area contributed by atoms with Crippen molar-refractivity contribution in [1.82, 2.24) is 10.6 Å². The molecule has 2 aliphatic carbocycles. The van der Waals surface area contributed by atoms with Gasteiger partial charge in [-0.3, -0.25) is 4.79 Å². The lowest BCUT2D eigenvalue weighted by atomic mass is 9.67. The Kier molecular flexibility index (Phi) is 3.60. The topological polar surface area (TPSA) is 41.1 Å². The summed E-state index contributed by atoms with van der Waals surface area (Å²) in [7, 11) is 0. The maximum atomic E-state index is 12.7. The van der Waals surface area contributed by atoms with Crippen LogP contribution in [0.2, 0.25) is 0 Å². The van der Waals surface area contributed by atoms with Crippen LogP contribution >= 0.6 is 0 Å². The molecule has 3 nitrogen and oxygen atoms in total. The molecule has 0 radical (unpaired) electrons. The molecule has 3 rings (SSSR count). The molecule has 0 spiro atoms. The van der Waals surface area contributed by atoms with Crippen molar-refractivity contribution in [3.8, 4) is 0 Å². The van der Waals surface area contributed by atoms with Crippen LogP contribution in [0.4, 0.5) is 0 Å². The van der Waals surface area contributed by atoms with Crippen LogP contribution < -0.4 is 10.6 Å². The van der Waals surface area contributed by atoms with Gasteiger partial charge in [-0.25, -0.2) is 0 Å². The summed E-state index contributed by atoms with van der Waals surface area (Å²) < 4.78 is 0. The second-order valence-corrected chi connectivity index (χ2v) is 6.54. The summed E-state index contributed by atoms with van der Waals surface area (Å²) in [6.07, 6.45) is 11.2. The fourth-order valence-electron chi connectivity index (χ4n) is 4.27. The minimum atomic E-state index is -0.0598. The van der Waals surface area contributed by atoms with E-state index in [1.165, 1.54) is 51.4 Å². The largest absolute Gasteiger partial charge is 0.353 e. The molecule has 2 atom stereocenters. The van der Waals surface area contributed by atoms with Gasteiger partial charge in [-0.2, -0.15) is 0 Å². The number of rotatable bonds is 2. The number of hydrogen-bond acceptors (Lipinski definition) is 2. The van der Waals surface area contributed by atoms with Gasteiger partial charge in [-0.1, -0.05) is 32.1 Å². The molecule has 18 heavy (non-hydrogen) atoms. The van der Waals surface area contributed by atoms with Gasteiger partial charge in [0, 0.05) is 12.6 Å². The van der Waals surface area contributed by atoms with Crippen LogP contribution in [0.5, 0.6) is 0 Å². The van der Waals surface area contributed by atoms with Crippen LogP contribution in [0.3, 0.4) is 0 Å². The number of nitrogens with one attached hydrogen (secondary N) is 2. The molecular weight excluding hydrogens is 224 g/mol. The van der Waals surface area contributed by atoms with Crippen molar-refractivity contribution in [1.29, 1.82) is 0 Å². The van der Waals surface area contributed by atoms with Crippen LogP contribution in [0.1, 0.15) is 57.8 Å². The highest BCUT2D eigenvalue weighted by Crippen LogP contribution is 2.44. The zero-order chi connectivity index (χ0) is 12.4. The van der Waals surface area contributed by atoms with E-state index in [9.17, 15) is 4.79 Å². The lowest BCUT2D eigenvalue weighted by molar-refractivity contribution is -0.135. The highest BCUT2D eigenvalue weighted by molar-refractivity contribution is 5.84. The quantitative estimate of drug-likeness (QED) is 0.789. The standard InChI is InChI=1S/C15H26N2O/c18-14(17-13-7-2-1-3-8-13)15-9-5-4-6-12(15)10-16-11-15/h12-13,16H,1-11H2,(H,17,18)/t12-,15+/m0/s1. The van der Waals surface area contributed by atoms with Crippen molar-refractivity contribution in [2.24, 2.45) is 11.3 Å². The molecule has 1 amide bonds. The van der Waals surface area contributed by atoms with E-state index in [4.69, 9.17) is 0 Å². The summed E-state index contributed by atoms with van der Waals surface area (Å²) >= 11 is 0. The van der Waals surface area contributed by atoms with Gasteiger partial charge in [-0.05, 0) is 38.1 Å². The maximum Gasteiger partial charge on any atom is 0.228 e. The molecule has 1 aliphatic heterocycles. The fraction of sp³-hybridized carbons (Fsp3) is 0.933. The first-order chi connectivity index (χ1) is 8.81. The molecule has 2 saturated carbocycles. The first-order valence-electron chi connectivity index (χ1n) is 7.83. The van der Waals surface area contributed by atoms with Gasteiger partial charge in [0.05, 0.1) is 5.41 Å². The first-order valence-corrected chi connectivity index (χ1v) is 7.83. The van der Waals surface area contributed by atoms with Gasteiger partial charge >= 0.3 is 0 Å². The van der Waals surface area contributed by atoms with Gasteiger partial charge in [-0.15, -0.1) is 0 Å². The SMILES string of the molecule is O=C(NC1CCCCC1)[C@@]12CCCC[C@H]1CNC2. The van der Waals surface area contributed by atoms with Crippen molar-refractivity contribution in [3.05, 3.63) is 0 Å². The molecule has 102 valence electrons. The van der Waals surface area contributed by atoms with Crippen molar-refractivity contribution in [2.75, 3.05) is 13.1 Å². The van der Waals surface area contributed by atoms with Crippen LogP contribution in [-0.2, 0) is 4.79 Å². The number of carbonyl (C=O) groups is 1. The Bertz CT molecular complexity index is 312. The Morgan fingerprint density at radius 2 is 1.83 bits per heavy atom. The third-order valence-electron chi connectivity index (χ3n) is 5.43. The summed E-state index contributed by atoms with van der Waals surface area (Å²) in [6, 6.07) is 0.462. The van der Waals surface area contributed by atoms with Crippen LogP contribution in [0.25, 0.3) is 0 Å². The number of hydrogen-bond donors (Lipinski definition) is 2. The molecule has 0 bridgehead atoms. The molecule has 0 aromatic carbocycles. The Morgan fingerprint density at radius 3 is 2.67 bits per heavy atom. The van der Waals surface area contributed by atoms with E-state index in [2.05, 4.69) is 10.6 Å². The molecule has 2 N–H and O–H groups in total. The molecule has 0 aromatic rings. The van der Waals surface area contributed by atoms with E-state index < -0.39 is 0 Å². The van der Waals surface area contributed by atoms with Gasteiger partial charge in [0.15, 0.2) is 0 Å². The molecule has 1 heterocycles. The van der Waals surface area contributed by atoms with E-state index >= 15 is 0 Å². The molecule has 0 aromatic heterocycles. The Balaban J connectivity index is 1.66. The van der Waals surface area contributed by atoms with Crippen molar-refractivity contribution >= 4 is 5.91 Å². The maximum absolute atomic E-state index is 12.7. The second kappa shape index (κ2) is 5.20. The van der Waals surface area contributed by atoms with E-state index in [0.717, 1.165) is 19.5 Å². The summed E-state index contributed by atoms with van der Waals surface area (Å²) in [5.41, 5.74) is -0.0598. The Morgan fingerprint density at radius 1 is 1.06 bits per heavy atom. The van der Waals surface area contributed by atoms with Gasteiger partial charge in [0.1, 0.15) is 0 Å². The number of fused-ring (bicyclic) bond motifs is 1. The van der Waals surface area contributed by atoms with Crippen LogP contribution in [0, 0.1) is 11.3 Å². The molecule has 0 unspecified atom stereocenters. The van der Waals surface area contributed by atoms with E-state index in [-0.39, 0.29) is 5.41 Å². The molecule has 3 aliphatic rings. The predicted octanol–water partition coefficient (Wildman–Crippen LogP) is 2.22. The fourth-order valence-corrected chi connectivity index (χ4v) is 4.27. The zero-order valence-corrected chi connectivity index (χ0v) is 11.3. The second-order valence-electron chi connectivity index (χ2n) is 6.54. The lowest BCUT2D eigenvalue weighted by Gasteiger charge is -2.38. The van der Waals surface area contributed by atoms with Crippen LogP contribution in [-0.4, -0.2) is 25.0 Å². The molecular formula is C15H26N2O. The van der Waals surface area contributed by atoms with Crippen molar-refractivity contribution in [3.63, 3.8) is 0 Å². The van der Waals surface area contributed by atoms with E-state index in [0.29, 0.717) is 17.9 Å². The normalized spacial score (nSPS) is 37.2. The summed E-state index contributed by atoms with van der Waals surface area (Å²) in [4.78, 5) is 12.7. The smallest absolute Gasteiger partial charge is 0.228 e. The van der Waals surface area contributed by atoms with Gasteiger partial charge in [0.25, 0.3) is 0 Å². The highest BCUT2D eigenvalue weighted by Gasteiger charge is 2.50. The third kappa shape index (κ3) is 2.18. The number of amides is 1. The van der Waals surface area contributed by atoms with Gasteiger partial charge < -0.3 is 10.6 Å². The molecule has 3 fully saturated rings. The average Bonchev–Trinajstić information content (AvgIpc) is 2.85. The van der Waals surface area contributed by atoms with Crippen LogP contribution in [0.15, 0.2) is 0 Å². The average molecular weight is 250 g/mol. The summed E-state index contributed by atoms with van der Waals surface area (Å²) in [5, 5.41) is 6.83. The summed E-state index contributed by atoms with van der Waals surface area (Å²) in [6.45, 7) is 1.97. The first kappa shape index (κ1) is 12.5. The minimum absolute atomic E-state index is 0.0598. The highest BCUT2D eigenvalue weighted by atomic mass is 16.2. The minimum Gasteiger partial charge on any atom is -0.353 e. The Hall–Kier alpha value is -0.570. The monoisotopic (exact) mass is 250 g/mol. The lowest BCUT2D eigenvalue weighted by Crippen LogP contribution is -2.51. The zero-order valence-electron chi connectivity index (χ0n) is 11.3. The molecule has 1 saturated heterocycles. The van der Waals surface area contributed by atoms with E-state index in [1.807, 2.05) is 0 Å². The van der Waals surface area contributed by atoms with Gasteiger partial charge in [0.2, 0.25) is 5.91 Å². The van der Waals surface area contributed by atoms with Crippen molar-refractivity contribution in [2.45, 2.75) is 63.8 Å².